The molecule has 20 heavy (non-hydrogen) atoms. The van der Waals surface area contributed by atoms with E-state index in [4.69, 9.17) is 0 Å². The Hall–Kier alpha value is -0.820. The van der Waals surface area contributed by atoms with Crippen LogP contribution in [0.15, 0.2) is 30.3 Å². The van der Waals surface area contributed by atoms with Crippen LogP contribution >= 0.6 is 0 Å². The Morgan fingerprint density at radius 1 is 1.00 bits per heavy atom. The van der Waals surface area contributed by atoms with E-state index in [1.165, 1.54) is 57.1 Å². The lowest BCUT2D eigenvalue weighted by molar-refractivity contribution is 0.285. The molecular weight excluding hydrogens is 242 g/mol. The first-order valence-corrected chi connectivity index (χ1v) is 8.63. The fourth-order valence-corrected chi connectivity index (χ4v) is 3.66. The first-order valence-electron chi connectivity index (χ1n) is 8.63. The molecule has 0 amide bonds. The Morgan fingerprint density at radius 2 is 1.65 bits per heavy atom. The van der Waals surface area contributed by atoms with Crippen LogP contribution in [0.2, 0.25) is 0 Å². The Kier molecular flexibility index (Phi) is 6.59. The van der Waals surface area contributed by atoms with Gasteiger partial charge in [0.25, 0.3) is 0 Å². The molecule has 0 radical (unpaired) electrons. The zero-order valence-electron chi connectivity index (χ0n) is 13.3. The van der Waals surface area contributed by atoms with Gasteiger partial charge in [-0.15, -0.1) is 0 Å². The third-order valence-electron chi connectivity index (χ3n) is 5.03. The Labute approximate surface area is 125 Å². The summed E-state index contributed by atoms with van der Waals surface area (Å²) >= 11 is 0. The maximum absolute atomic E-state index is 3.91. The second-order valence-corrected chi connectivity index (χ2v) is 6.38. The smallest absolute Gasteiger partial charge is 0.0348 e. The van der Waals surface area contributed by atoms with Crippen LogP contribution in [0.5, 0.6) is 0 Å². The van der Waals surface area contributed by atoms with Crippen molar-refractivity contribution in [2.24, 2.45) is 11.8 Å². The zero-order chi connectivity index (χ0) is 14.2. The molecule has 1 fully saturated rings. The van der Waals surface area contributed by atoms with Gasteiger partial charge in [0.15, 0.2) is 0 Å². The Balaban J connectivity index is 1.98. The van der Waals surface area contributed by atoms with Crippen LogP contribution in [0, 0.1) is 11.8 Å². The van der Waals surface area contributed by atoms with Crippen molar-refractivity contribution in [3.63, 3.8) is 0 Å². The molecule has 1 aliphatic carbocycles. The van der Waals surface area contributed by atoms with Crippen molar-refractivity contribution in [2.45, 2.75) is 64.8 Å². The van der Waals surface area contributed by atoms with Crippen molar-refractivity contribution in [2.75, 3.05) is 6.54 Å². The van der Waals surface area contributed by atoms with Crippen LogP contribution in [0.25, 0.3) is 0 Å². The molecule has 0 bridgehead atoms. The minimum atomic E-state index is 0.535. The summed E-state index contributed by atoms with van der Waals surface area (Å²) in [6, 6.07) is 11.6. The minimum Gasteiger partial charge on any atom is -0.309 e. The maximum Gasteiger partial charge on any atom is 0.0348 e. The average Bonchev–Trinajstić information content (AvgIpc) is 2.53. The first-order chi connectivity index (χ1) is 9.85. The molecule has 0 aromatic heterocycles. The SMILES string of the molecule is CCC(CC)C(NCC1CCCCC1)c1ccccc1. The van der Waals surface area contributed by atoms with Gasteiger partial charge in [-0.05, 0) is 36.8 Å². The van der Waals surface area contributed by atoms with Crippen LogP contribution in [0.3, 0.4) is 0 Å². The summed E-state index contributed by atoms with van der Waals surface area (Å²) in [4.78, 5) is 0. The van der Waals surface area contributed by atoms with Gasteiger partial charge >= 0.3 is 0 Å². The molecule has 2 rings (SSSR count). The van der Waals surface area contributed by atoms with E-state index in [2.05, 4.69) is 49.5 Å². The summed E-state index contributed by atoms with van der Waals surface area (Å²) in [5.74, 6) is 1.66. The number of rotatable bonds is 7. The van der Waals surface area contributed by atoms with E-state index in [0.29, 0.717) is 6.04 Å². The summed E-state index contributed by atoms with van der Waals surface area (Å²) in [5, 5.41) is 3.91. The van der Waals surface area contributed by atoms with E-state index in [1.807, 2.05) is 0 Å². The molecule has 1 heteroatoms. The molecule has 1 aromatic rings. The molecule has 1 unspecified atom stereocenters. The van der Waals surface area contributed by atoms with E-state index >= 15 is 0 Å². The van der Waals surface area contributed by atoms with Crippen molar-refractivity contribution in [3.8, 4) is 0 Å². The van der Waals surface area contributed by atoms with E-state index in [0.717, 1.165) is 11.8 Å². The fourth-order valence-electron chi connectivity index (χ4n) is 3.66. The molecule has 1 aliphatic rings. The second-order valence-electron chi connectivity index (χ2n) is 6.38. The summed E-state index contributed by atoms with van der Waals surface area (Å²) < 4.78 is 0. The van der Waals surface area contributed by atoms with Gasteiger partial charge < -0.3 is 5.32 Å². The van der Waals surface area contributed by atoms with Crippen molar-refractivity contribution in [3.05, 3.63) is 35.9 Å². The lowest BCUT2D eigenvalue weighted by Gasteiger charge is -2.30. The van der Waals surface area contributed by atoms with E-state index in [9.17, 15) is 0 Å². The number of benzene rings is 1. The third kappa shape index (κ3) is 4.34. The van der Waals surface area contributed by atoms with Crippen LogP contribution in [0.4, 0.5) is 0 Å². The normalized spacial score (nSPS) is 18.4. The molecule has 0 heterocycles. The van der Waals surface area contributed by atoms with Gasteiger partial charge in [0, 0.05) is 6.04 Å². The minimum absolute atomic E-state index is 0.535. The van der Waals surface area contributed by atoms with Crippen LogP contribution < -0.4 is 5.32 Å². The molecule has 1 atom stereocenters. The second kappa shape index (κ2) is 8.46. The largest absolute Gasteiger partial charge is 0.309 e. The molecule has 112 valence electrons. The summed E-state index contributed by atoms with van der Waals surface area (Å²) in [7, 11) is 0. The Morgan fingerprint density at radius 3 is 2.25 bits per heavy atom. The quantitative estimate of drug-likeness (QED) is 0.707. The number of hydrogen-bond donors (Lipinski definition) is 1. The summed E-state index contributed by atoms with van der Waals surface area (Å²) in [6.07, 6.45) is 9.70. The van der Waals surface area contributed by atoms with Crippen molar-refractivity contribution < 1.29 is 0 Å². The van der Waals surface area contributed by atoms with Gasteiger partial charge in [0.2, 0.25) is 0 Å². The molecule has 1 saturated carbocycles. The van der Waals surface area contributed by atoms with E-state index < -0.39 is 0 Å². The predicted octanol–water partition coefficient (Wildman–Crippen LogP) is 5.33. The molecule has 0 saturated heterocycles. The molecule has 0 aliphatic heterocycles. The standard InChI is InChI=1S/C19H31N/c1-3-17(4-2)19(18-13-9-6-10-14-18)20-15-16-11-7-5-8-12-16/h6,9-10,13-14,16-17,19-20H,3-5,7-8,11-12,15H2,1-2H3. The van der Waals surface area contributed by atoms with Crippen molar-refractivity contribution in [1.82, 2.24) is 5.32 Å². The zero-order valence-corrected chi connectivity index (χ0v) is 13.3. The highest BCUT2D eigenvalue weighted by Gasteiger charge is 2.21. The lowest BCUT2D eigenvalue weighted by atomic mass is 9.86. The van der Waals surface area contributed by atoms with Crippen LogP contribution in [-0.4, -0.2) is 6.54 Å². The van der Waals surface area contributed by atoms with E-state index in [-0.39, 0.29) is 0 Å². The molecule has 1 N–H and O–H groups in total. The third-order valence-corrected chi connectivity index (χ3v) is 5.03. The predicted molar refractivity (Wildman–Crippen MR) is 87.8 cm³/mol. The lowest BCUT2D eigenvalue weighted by Crippen LogP contribution is -2.32. The molecular formula is C19H31N. The summed E-state index contributed by atoms with van der Waals surface area (Å²) in [5.41, 5.74) is 1.47. The molecule has 1 aromatic carbocycles. The van der Waals surface area contributed by atoms with Gasteiger partial charge in [-0.1, -0.05) is 76.3 Å². The van der Waals surface area contributed by atoms with Gasteiger partial charge in [-0.25, -0.2) is 0 Å². The van der Waals surface area contributed by atoms with Gasteiger partial charge in [-0.2, -0.15) is 0 Å². The van der Waals surface area contributed by atoms with Crippen LogP contribution in [-0.2, 0) is 0 Å². The summed E-state index contributed by atoms with van der Waals surface area (Å²) in [6.45, 7) is 5.86. The molecule has 1 nitrogen and oxygen atoms in total. The fraction of sp³-hybridized carbons (Fsp3) is 0.684. The van der Waals surface area contributed by atoms with E-state index in [1.54, 1.807) is 0 Å². The van der Waals surface area contributed by atoms with Gasteiger partial charge in [-0.3, -0.25) is 0 Å². The highest BCUT2D eigenvalue weighted by atomic mass is 14.9. The van der Waals surface area contributed by atoms with Crippen molar-refractivity contribution >= 4 is 0 Å². The Bertz CT molecular complexity index is 349. The topological polar surface area (TPSA) is 12.0 Å². The average molecular weight is 273 g/mol. The number of nitrogens with one attached hydrogen (secondary N) is 1. The maximum atomic E-state index is 3.91. The van der Waals surface area contributed by atoms with Crippen molar-refractivity contribution in [1.29, 1.82) is 0 Å². The highest BCUT2D eigenvalue weighted by Crippen LogP contribution is 2.29. The highest BCUT2D eigenvalue weighted by molar-refractivity contribution is 5.19. The number of hydrogen-bond acceptors (Lipinski definition) is 1. The van der Waals surface area contributed by atoms with Crippen LogP contribution in [0.1, 0.15) is 70.4 Å². The van der Waals surface area contributed by atoms with Gasteiger partial charge in [0.1, 0.15) is 0 Å². The first kappa shape index (κ1) is 15.6. The van der Waals surface area contributed by atoms with Gasteiger partial charge in [0.05, 0.1) is 0 Å². The molecule has 0 spiro atoms. The monoisotopic (exact) mass is 273 g/mol.